The number of hydrogen-bond acceptors (Lipinski definition) is 4. The molecule has 2 heterocycles. The fourth-order valence-corrected chi connectivity index (χ4v) is 3.82. The van der Waals surface area contributed by atoms with Crippen molar-refractivity contribution in [1.82, 2.24) is 4.90 Å². The highest BCUT2D eigenvalue weighted by molar-refractivity contribution is 7.16. The van der Waals surface area contributed by atoms with Crippen LogP contribution in [0, 0.1) is 0 Å². The van der Waals surface area contributed by atoms with E-state index in [4.69, 9.17) is 16.3 Å². The summed E-state index contributed by atoms with van der Waals surface area (Å²) >= 11 is 7.40. The molecule has 1 aliphatic heterocycles. The van der Waals surface area contributed by atoms with Crippen molar-refractivity contribution in [3.05, 3.63) is 57.8 Å². The summed E-state index contributed by atoms with van der Waals surface area (Å²) in [6.07, 6.45) is 2.83. The lowest BCUT2D eigenvalue weighted by molar-refractivity contribution is -0.133. The second-order valence-electron chi connectivity index (χ2n) is 5.92. The van der Waals surface area contributed by atoms with Crippen molar-refractivity contribution in [3.63, 3.8) is 0 Å². The number of benzene rings is 1. The van der Waals surface area contributed by atoms with E-state index in [9.17, 15) is 9.59 Å². The summed E-state index contributed by atoms with van der Waals surface area (Å²) in [7, 11) is 0. The molecule has 7 heteroatoms. The minimum absolute atomic E-state index is 0.0232. The van der Waals surface area contributed by atoms with Crippen LogP contribution in [0.2, 0.25) is 4.34 Å². The van der Waals surface area contributed by atoms with Crippen molar-refractivity contribution in [2.75, 3.05) is 18.5 Å². The monoisotopic (exact) mass is 390 g/mol. The molecular formula is C19H19ClN2O3S. The van der Waals surface area contributed by atoms with E-state index in [2.05, 4.69) is 11.9 Å². The molecule has 1 N–H and O–H groups in total. The van der Waals surface area contributed by atoms with E-state index in [0.717, 1.165) is 16.1 Å². The lowest BCUT2D eigenvalue weighted by Gasteiger charge is -2.21. The van der Waals surface area contributed by atoms with Crippen molar-refractivity contribution < 1.29 is 14.3 Å². The van der Waals surface area contributed by atoms with Crippen molar-refractivity contribution in [1.29, 1.82) is 0 Å². The van der Waals surface area contributed by atoms with Crippen molar-refractivity contribution in [2.24, 2.45) is 0 Å². The summed E-state index contributed by atoms with van der Waals surface area (Å²) < 4.78 is 6.37. The average molecular weight is 391 g/mol. The molecule has 0 unspecified atom stereocenters. The number of hydrogen-bond donors (Lipinski definition) is 1. The predicted molar refractivity (Wildman–Crippen MR) is 104 cm³/mol. The number of halogens is 1. The number of ether oxygens (including phenoxy) is 1. The normalized spacial score (nSPS) is 12.9. The highest BCUT2D eigenvalue weighted by Crippen LogP contribution is 2.27. The Morgan fingerprint density at radius 3 is 2.92 bits per heavy atom. The Balaban J connectivity index is 1.61. The first-order chi connectivity index (χ1) is 12.5. The van der Waals surface area contributed by atoms with Gasteiger partial charge in [-0.25, -0.2) is 0 Å². The first-order valence-electron chi connectivity index (χ1n) is 8.23. The molecule has 5 nitrogen and oxygen atoms in total. The molecule has 0 aliphatic carbocycles. The molecule has 26 heavy (non-hydrogen) atoms. The van der Waals surface area contributed by atoms with Crippen LogP contribution in [0.1, 0.15) is 16.9 Å². The van der Waals surface area contributed by atoms with Gasteiger partial charge >= 0.3 is 0 Å². The Kier molecular flexibility index (Phi) is 5.96. The number of nitrogens with one attached hydrogen (secondary N) is 1. The lowest BCUT2D eigenvalue weighted by Crippen LogP contribution is -2.34. The molecule has 136 valence electrons. The minimum Gasteiger partial charge on any atom is -0.484 e. The van der Waals surface area contributed by atoms with Gasteiger partial charge in [-0.15, -0.1) is 17.9 Å². The van der Waals surface area contributed by atoms with Gasteiger partial charge in [0.05, 0.1) is 10.9 Å². The Morgan fingerprint density at radius 2 is 2.19 bits per heavy atom. The Morgan fingerprint density at radius 1 is 1.35 bits per heavy atom. The standard InChI is InChI=1S/C19H19ClN2O3S/c1-2-9-22(11-15-5-7-17(20)26-15)19(24)12-25-14-4-6-16-13(10-14)3-8-18(23)21-16/h2,4-7,10H,1,3,8-9,11-12H2,(H,21,23). The summed E-state index contributed by atoms with van der Waals surface area (Å²) in [4.78, 5) is 26.6. The maximum Gasteiger partial charge on any atom is 0.261 e. The average Bonchev–Trinajstić information content (AvgIpc) is 3.04. The van der Waals surface area contributed by atoms with Gasteiger partial charge in [0.15, 0.2) is 6.61 Å². The SMILES string of the molecule is C=CCN(Cc1ccc(Cl)s1)C(=O)COc1ccc2c(c1)CCC(=O)N2. The van der Waals surface area contributed by atoms with Gasteiger partial charge in [-0.05, 0) is 42.3 Å². The molecular weight excluding hydrogens is 372 g/mol. The van der Waals surface area contributed by atoms with E-state index in [1.165, 1.54) is 11.3 Å². The van der Waals surface area contributed by atoms with Gasteiger partial charge in [0.25, 0.3) is 5.91 Å². The van der Waals surface area contributed by atoms with Crippen LogP contribution in [0.4, 0.5) is 5.69 Å². The molecule has 0 spiro atoms. The molecule has 1 aromatic carbocycles. The van der Waals surface area contributed by atoms with Crippen LogP contribution in [-0.2, 0) is 22.6 Å². The number of anilines is 1. The summed E-state index contributed by atoms with van der Waals surface area (Å²) in [6, 6.07) is 9.17. The quantitative estimate of drug-likeness (QED) is 0.730. The van der Waals surface area contributed by atoms with Gasteiger partial charge in [0.2, 0.25) is 5.91 Å². The highest BCUT2D eigenvalue weighted by atomic mass is 35.5. The molecule has 3 rings (SSSR count). The third-order valence-electron chi connectivity index (χ3n) is 4.01. The number of thiophene rings is 1. The number of aryl methyl sites for hydroxylation is 1. The van der Waals surface area contributed by atoms with E-state index in [0.29, 0.717) is 36.0 Å². The number of carbonyl (C=O) groups is 2. The Hall–Kier alpha value is -2.31. The van der Waals surface area contributed by atoms with Gasteiger partial charge in [0.1, 0.15) is 5.75 Å². The zero-order valence-corrected chi connectivity index (χ0v) is 15.7. The second kappa shape index (κ2) is 8.38. The van der Waals surface area contributed by atoms with Gasteiger partial charge in [-0.1, -0.05) is 17.7 Å². The topological polar surface area (TPSA) is 58.6 Å². The van der Waals surface area contributed by atoms with Crippen LogP contribution in [0.25, 0.3) is 0 Å². The van der Waals surface area contributed by atoms with Gasteiger partial charge in [-0.3, -0.25) is 9.59 Å². The third-order valence-corrected chi connectivity index (χ3v) is 5.23. The lowest BCUT2D eigenvalue weighted by atomic mass is 10.0. The molecule has 0 saturated carbocycles. The van der Waals surface area contributed by atoms with Crippen LogP contribution in [0.5, 0.6) is 5.75 Å². The largest absolute Gasteiger partial charge is 0.484 e. The van der Waals surface area contributed by atoms with Crippen LogP contribution >= 0.6 is 22.9 Å². The number of nitrogens with zero attached hydrogens (tertiary/aromatic N) is 1. The molecule has 0 saturated heterocycles. The first kappa shape index (κ1) is 18.5. The van der Waals surface area contributed by atoms with Crippen molar-refractivity contribution in [3.8, 4) is 5.75 Å². The number of carbonyl (C=O) groups excluding carboxylic acids is 2. The molecule has 0 atom stereocenters. The molecule has 1 aliphatic rings. The predicted octanol–water partition coefficient (Wildman–Crippen LogP) is 3.88. The Bertz CT molecular complexity index is 834. The number of rotatable bonds is 7. The summed E-state index contributed by atoms with van der Waals surface area (Å²) in [5.41, 5.74) is 1.83. The Labute approximate surface area is 161 Å². The third kappa shape index (κ3) is 4.65. The van der Waals surface area contributed by atoms with E-state index < -0.39 is 0 Å². The van der Waals surface area contributed by atoms with Crippen LogP contribution < -0.4 is 10.1 Å². The van der Waals surface area contributed by atoms with E-state index in [1.807, 2.05) is 18.2 Å². The molecule has 2 amide bonds. The summed E-state index contributed by atoms with van der Waals surface area (Å²) in [6.45, 7) is 4.57. The maximum absolute atomic E-state index is 12.5. The minimum atomic E-state index is -0.125. The zero-order valence-electron chi connectivity index (χ0n) is 14.2. The van der Waals surface area contributed by atoms with E-state index in [-0.39, 0.29) is 18.4 Å². The fraction of sp³-hybridized carbons (Fsp3) is 0.263. The fourth-order valence-electron chi connectivity index (χ4n) is 2.72. The second-order valence-corrected chi connectivity index (χ2v) is 7.72. The highest BCUT2D eigenvalue weighted by Gasteiger charge is 2.17. The zero-order chi connectivity index (χ0) is 18.5. The van der Waals surface area contributed by atoms with Crippen LogP contribution in [0.3, 0.4) is 0 Å². The molecule has 0 radical (unpaired) electrons. The number of amides is 2. The van der Waals surface area contributed by atoms with Crippen molar-refractivity contribution in [2.45, 2.75) is 19.4 Å². The van der Waals surface area contributed by atoms with E-state index >= 15 is 0 Å². The smallest absolute Gasteiger partial charge is 0.261 e. The van der Waals surface area contributed by atoms with Gasteiger partial charge in [-0.2, -0.15) is 0 Å². The summed E-state index contributed by atoms with van der Waals surface area (Å²) in [5.74, 6) is 0.515. The molecule has 0 bridgehead atoms. The van der Waals surface area contributed by atoms with Gasteiger partial charge < -0.3 is 15.0 Å². The molecule has 0 fully saturated rings. The molecule has 1 aromatic heterocycles. The maximum atomic E-state index is 12.5. The van der Waals surface area contributed by atoms with Crippen molar-refractivity contribution >= 4 is 40.4 Å². The number of fused-ring (bicyclic) bond motifs is 1. The van der Waals surface area contributed by atoms with Gasteiger partial charge in [0, 0.05) is 23.5 Å². The van der Waals surface area contributed by atoms with E-state index in [1.54, 1.807) is 23.1 Å². The summed E-state index contributed by atoms with van der Waals surface area (Å²) in [5, 5.41) is 2.83. The van der Waals surface area contributed by atoms with Crippen LogP contribution in [0.15, 0.2) is 43.0 Å². The first-order valence-corrected chi connectivity index (χ1v) is 9.43. The molecule has 2 aromatic rings. The van der Waals surface area contributed by atoms with Crippen LogP contribution in [-0.4, -0.2) is 29.9 Å².